The number of carbonyl (C=O) groups excluding carboxylic acids is 1. The Kier molecular flexibility index (Phi) is 3.35. The number of nitrogens with zero attached hydrogens (tertiary/aromatic N) is 2. The Balaban J connectivity index is 3.06. The Hall–Kier alpha value is -1.69. The van der Waals surface area contributed by atoms with Gasteiger partial charge < -0.3 is 16.8 Å². The van der Waals surface area contributed by atoms with Crippen molar-refractivity contribution in [1.82, 2.24) is 5.32 Å². The van der Waals surface area contributed by atoms with Crippen molar-refractivity contribution in [2.45, 2.75) is 6.92 Å². The summed E-state index contributed by atoms with van der Waals surface area (Å²) in [6.45, 7) is 2.54. The van der Waals surface area contributed by atoms with Crippen LogP contribution < -0.4 is 16.8 Å². The van der Waals surface area contributed by atoms with Crippen LogP contribution in [0.15, 0.2) is 21.5 Å². The molecule has 0 atom stereocenters. The normalized spacial score (nSPS) is 16.9. The summed E-state index contributed by atoms with van der Waals surface area (Å²) in [6.07, 6.45) is 1.56. The number of carbonyl (C=O) groups is 1. The van der Waals surface area contributed by atoms with Crippen molar-refractivity contribution in [1.29, 1.82) is 0 Å². The SMILES string of the molecule is C/C=N/C1=C(C(N)=O)N=C(CN)CN1. The van der Waals surface area contributed by atoms with E-state index in [0.29, 0.717) is 24.6 Å². The van der Waals surface area contributed by atoms with Crippen molar-refractivity contribution in [2.75, 3.05) is 13.1 Å². The molecule has 0 aliphatic carbocycles. The van der Waals surface area contributed by atoms with Crippen molar-refractivity contribution < 1.29 is 4.79 Å². The molecule has 1 heterocycles. The molecule has 0 saturated heterocycles. The molecular weight excluding hydrogens is 182 g/mol. The summed E-state index contributed by atoms with van der Waals surface area (Å²) in [5.41, 5.74) is 11.4. The number of amides is 1. The Morgan fingerprint density at radius 1 is 1.79 bits per heavy atom. The van der Waals surface area contributed by atoms with Gasteiger partial charge in [0, 0.05) is 12.8 Å². The van der Waals surface area contributed by atoms with Gasteiger partial charge in [-0.3, -0.25) is 4.79 Å². The van der Waals surface area contributed by atoms with Crippen molar-refractivity contribution in [3.05, 3.63) is 11.5 Å². The first-order valence-corrected chi connectivity index (χ1v) is 4.22. The van der Waals surface area contributed by atoms with Crippen LogP contribution in [0.25, 0.3) is 0 Å². The summed E-state index contributed by atoms with van der Waals surface area (Å²) in [7, 11) is 0. The second-order valence-electron chi connectivity index (χ2n) is 2.68. The van der Waals surface area contributed by atoms with Crippen LogP contribution in [0.2, 0.25) is 0 Å². The first-order valence-electron chi connectivity index (χ1n) is 4.22. The number of hydrogen-bond acceptors (Lipinski definition) is 5. The molecule has 0 fully saturated rings. The highest BCUT2D eigenvalue weighted by Crippen LogP contribution is 2.08. The third-order valence-electron chi connectivity index (χ3n) is 1.68. The quantitative estimate of drug-likeness (QED) is 0.489. The molecule has 0 saturated carbocycles. The highest BCUT2D eigenvalue weighted by Gasteiger charge is 2.16. The van der Waals surface area contributed by atoms with Gasteiger partial charge in [-0.2, -0.15) is 0 Å². The van der Waals surface area contributed by atoms with Gasteiger partial charge in [0.25, 0.3) is 5.91 Å². The zero-order valence-electron chi connectivity index (χ0n) is 7.95. The Labute approximate surface area is 81.8 Å². The molecule has 5 N–H and O–H groups in total. The third-order valence-corrected chi connectivity index (χ3v) is 1.68. The maximum atomic E-state index is 11.0. The number of aliphatic imine (C=N–C) groups is 2. The lowest BCUT2D eigenvalue weighted by Gasteiger charge is -2.15. The molecule has 0 aromatic carbocycles. The van der Waals surface area contributed by atoms with Crippen LogP contribution in [-0.2, 0) is 4.79 Å². The summed E-state index contributed by atoms with van der Waals surface area (Å²) in [5, 5.41) is 2.92. The Morgan fingerprint density at radius 2 is 2.50 bits per heavy atom. The molecule has 0 aromatic heterocycles. The van der Waals surface area contributed by atoms with Crippen molar-refractivity contribution in [2.24, 2.45) is 21.5 Å². The largest absolute Gasteiger partial charge is 0.364 e. The second kappa shape index (κ2) is 4.52. The molecule has 1 amide bonds. The van der Waals surface area contributed by atoms with E-state index in [2.05, 4.69) is 15.3 Å². The predicted octanol–water partition coefficient (Wildman–Crippen LogP) is -1.27. The standard InChI is InChI=1S/C8H13N5O/c1-2-11-8-6(7(10)14)13-5(3-9)4-12-8/h2,12H,3-4,9H2,1H3,(H2,10,14)/b11-2+. The van der Waals surface area contributed by atoms with Gasteiger partial charge in [0.15, 0.2) is 11.5 Å². The fraction of sp³-hybridized carbons (Fsp3) is 0.375. The number of nitrogens with one attached hydrogen (secondary N) is 1. The van der Waals surface area contributed by atoms with Crippen LogP contribution in [0.4, 0.5) is 0 Å². The predicted molar refractivity (Wildman–Crippen MR) is 54.9 cm³/mol. The summed E-state index contributed by atoms with van der Waals surface area (Å²) < 4.78 is 0. The zero-order chi connectivity index (χ0) is 10.6. The van der Waals surface area contributed by atoms with E-state index in [1.54, 1.807) is 13.1 Å². The topological polar surface area (TPSA) is 106 Å². The van der Waals surface area contributed by atoms with Gasteiger partial charge in [-0.15, -0.1) is 0 Å². The highest BCUT2D eigenvalue weighted by atomic mass is 16.1. The number of hydrogen-bond donors (Lipinski definition) is 3. The molecule has 1 aliphatic rings. The van der Waals surface area contributed by atoms with E-state index in [0.717, 1.165) is 0 Å². The van der Waals surface area contributed by atoms with E-state index < -0.39 is 5.91 Å². The average Bonchev–Trinajstić information content (AvgIpc) is 2.18. The van der Waals surface area contributed by atoms with Gasteiger partial charge in [0.05, 0.1) is 12.3 Å². The first-order chi connectivity index (χ1) is 6.69. The lowest BCUT2D eigenvalue weighted by molar-refractivity contribution is -0.114. The molecule has 0 aromatic rings. The van der Waals surface area contributed by atoms with Crippen molar-refractivity contribution in [3.8, 4) is 0 Å². The van der Waals surface area contributed by atoms with Gasteiger partial charge in [-0.05, 0) is 6.92 Å². The Morgan fingerprint density at radius 3 is 3.00 bits per heavy atom. The molecule has 0 radical (unpaired) electrons. The molecule has 0 unspecified atom stereocenters. The summed E-state index contributed by atoms with van der Waals surface area (Å²) in [6, 6.07) is 0. The molecule has 1 aliphatic heterocycles. The number of nitrogens with two attached hydrogens (primary N) is 2. The van der Waals surface area contributed by atoms with Crippen LogP contribution in [-0.4, -0.2) is 30.9 Å². The fourth-order valence-electron chi connectivity index (χ4n) is 1.05. The van der Waals surface area contributed by atoms with Crippen molar-refractivity contribution >= 4 is 17.8 Å². The van der Waals surface area contributed by atoms with Gasteiger partial charge in [-0.1, -0.05) is 0 Å². The summed E-state index contributed by atoms with van der Waals surface area (Å²) in [4.78, 5) is 19.0. The van der Waals surface area contributed by atoms with Crippen LogP contribution >= 0.6 is 0 Å². The number of rotatable bonds is 3. The molecule has 6 nitrogen and oxygen atoms in total. The van der Waals surface area contributed by atoms with E-state index in [4.69, 9.17) is 11.5 Å². The third kappa shape index (κ3) is 2.17. The molecule has 6 heteroatoms. The number of primary amides is 1. The maximum Gasteiger partial charge on any atom is 0.271 e. The first kappa shape index (κ1) is 10.4. The van der Waals surface area contributed by atoms with E-state index >= 15 is 0 Å². The summed E-state index contributed by atoms with van der Waals surface area (Å²) in [5.74, 6) is -0.207. The lowest BCUT2D eigenvalue weighted by Crippen LogP contribution is -2.34. The zero-order valence-corrected chi connectivity index (χ0v) is 7.95. The monoisotopic (exact) mass is 195 g/mol. The van der Waals surface area contributed by atoms with E-state index in [1.807, 2.05) is 0 Å². The van der Waals surface area contributed by atoms with E-state index in [-0.39, 0.29) is 5.70 Å². The molecule has 0 bridgehead atoms. The van der Waals surface area contributed by atoms with Crippen LogP contribution in [0.3, 0.4) is 0 Å². The second-order valence-corrected chi connectivity index (χ2v) is 2.68. The van der Waals surface area contributed by atoms with Gasteiger partial charge >= 0.3 is 0 Å². The smallest absolute Gasteiger partial charge is 0.271 e. The van der Waals surface area contributed by atoms with E-state index in [1.165, 1.54) is 0 Å². The van der Waals surface area contributed by atoms with Crippen LogP contribution in [0.5, 0.6) is 0 Å². The minimum Gasteiger partial charge on any atom is -0.364 e. The fourth-order valence-corrected chi connectivity index (χ4v) is 1.05. The molecule has 1 rings (SSSR count). The van der Waals surface area contributed by atoms with Crippen LogP contribution in [0.1, 0.15) is 6.92 Å². The average molecular weight is 195 g/mol. The van der Waals surface area contributed by atoms with Crippen LogP contribution in [0, 0.1) is 0 Å². The lowest BCUT2D eigenvalue weighted by atomic mass is 10.3. The van der Waals surface area contributed by atoms with Crippen molar-refractivity contribution in [3.63, 3.8) is 0 Å². The Bertz CT molecular complexity index is 329. The maximum absolute atomic E-state index is 11.0. The molecule has 0 spiro atoms. The molecular formula is C8H13N5O. The molecule has 76 valence electrons. The van der Waals surface area contributed by atoms with Gasteiger partial charge in [0.1, 0.15) is 0 Å². The minimum atomic E-state index is -0.608. The minimum absolute atomic E-state index is 0.134. The molecule has 14 heavy (non-hydrogen) atoms. The highest BCUT2D eigenvalue weighted by molar-refractivity contribution is 5.99. The summed E-state index contributed by atoms with van der Waals surface area (Å²) >= 11 is 0. The van der Waals surface area contributed by atoms with Gasteiger partial charge in [0.2, 0.25) is 0 Å². The van der Waals surface area contributed by atoms with E-state index in [9.17, 15) is 4.79 Å². The van der Waals surface area contributed by atoms with Gasteiger partial charge in [-0.25, -0.2) is 9.98 Å².